The highest BCUT2D eigenvalue weighted by atomic mass is 16.5. The fourth-order valence-corrected chi connectivity index (χ4v) is 7.78. The summed E-state index contributed by atoms with van der Waals surface area (Å²) in [5.41, 5.74) is 3.58. The topological polar surface area (TPSA) is 54.7 Å². The van der Waals surface area contributed by atoms with Crippen molar-refractivity contribution < 1.29 is 14.6 Å². The summed E-state index contributed by atoms with van der Waals surface area (Å²) in [6.45, 7) is 13.5. The predicted molar refractivity (Wildman–Crippen MR) is 127 cm³/mol. The molecule has 1 saturated carbocycles. The zero-order valence-electron chi connectivity index (χ0n) is 20.4. The largest absolute Gasteiger partial charge is 0.469 e. The van der Waals surface area contributed by atoms with Crippen molar-refractivity contribution >= 4 is 16.9 Å². The van der Waals surface area contributed by atoms with Gasteiger partial charge < -0.3 is 14.4 Å². The average Bonchev–Trinajstić information content (AvgIpc) is 3.09. The highest BCUT2D eigenvalue weighted by Gasteiger charge is 2.65. The van der Waals surface area contributed by atoms with Gasteiger partial charge in [-0.25, -0.2) is 0 Å². The van der Waals surface area contributed by atoms with E-state index in [1.54, 1.807) is 0 Å². The average molecular weight is 439 g/mol. The molecule has 1 saturated heterocycles. The Morgan fingerprint density at radius 1 is 1.22 bits per heavy atom. The summed E-state index contributed by atoms with van der Waals surface area (Å²) in [6, 6.07) is 9.14. The van der Waals surface area contributed by atoms with Crippen LogP contribution >= 0.6 is 0 Å². The number of hydrogen-bond acceptors (Lipinski definition) is 4. The number of fused-ring (bicyclic) bond motifs is 6. The van der Waals surface area contributed by atoms with E-state index in [1.165, 1.54) is 29.3 Å². The van der Waals surface area contributed by atoms with Crippen molar-refractivity contribution in [2.24, 2.45) is 16.7 Å². The molecule has 2 aliphatic heterocycles. The molecule has 1 aromatic carbocycles. The summed E-state index contributed by atoms with van der Waals surface area (Å²) in [5.74, 6) is -0.754. The Labute approximate surface area is 191 Å². The summed E-state index contributed by atoms with van der Waals surface area (Å²) in [4.78, 5) is 15.7. The van der Waals surface area contributed by atoms with Crippen molar-refractivity contribution in [3.63, 3.8) is 0 Å². The van der Waals surface area contributed by atoms with Gasteiger partial charge in [0.05, 0.1) is 24.7 Å². The van der Waals surface area contributed by atoms with Crippen LogP contribution < -0.4 is 0 Å². The number of hydrogen-bond donors (Lipinski definition) is 1. The maximum Gasteiger partial charge on any atom is 0.311 e. The van der Waals surface area contributed by atoms with E-state index in [-0.39, 0.29) is 22.3 Å². The third kappa shape index (κ3) is 2.67. The van der Waals surface area contributed by atoms with Gasteiger partial charge in [0.15, 0.2) is 0 Å². The zero-order chi connectivity index (χ0) is 23.1. The van der Waals surface area contributed by atoms with Gasteiger partial charge in [-0.15, -0.1) is 0 Å². The molecule has 0 bridgehead atoms. The van der Waals surface area contributed by atoms with Crippen LogP contribution in [0.4, 0.5) is 0 Å². The number of ether oxygens (including phenoxy) is 1. The molecule has 0 radical (unpaired) electrons. The number of nitrogens with zero attached hydrogens (tertiary/aromatic N) is 2. The second-order valence-electron chi connectivity index (χ2n) is 11.5. The highest BCUT2D eigenvalue weighted by molar-refractivity contribution is 5.86. The molecular formula is C27H38N2O3. The molecule has 3 heterocycles. The SMILES string of the molecule is COC(=O)[C@H]1[C@@H](O)CC[C@@]2(C)CN3CCc4c(n(C(C)C)c5ccccc45)[C@]3(C)C[C@]12C. The number of aliphatic hydroxyl groups excluding tert-OH is 1. The molecule has 32 heavy (non-hydrogen) atoms. The Bertz CT molecular complexity index is 1070. The minimum Gasteiger partial charge on any atom is -0.469 e. The number of carbonyl (C=O) groups excluding carboxylic acids is 1. The van der Waals surface area contributed by atoms with Gasteiger partial charge in [-0.05, 0) is 68.9 Å². The van der Waals surface area contributed by atoms with Gasteiger partial charge in [0.25, 0.3) is 0 Å². The summed E-state index contributed by atoms with van der Waals surface area (Å²) in [6.07, 6.45) is 2.85. The Morgan fingerprint density at radius 2 is 1.94 bits per heavy atom. The number of methoxy groups -OCH3 is 1. The Morgan fingerprint density at radius 3 is 2.62 bits per heavy atom. The number of rotatable bonds is 2. The van der Waals surface area contributed by atoms with Crippen LogP contribution in [0.5, 0.6) is 0 Å². The minimum atomic E-state index is -0.644. The van der Waals surface area contributed by atoms with Crippen LogP contribution in [0.25, 0.3) is 10.9 Å². The molecule has 5 atom stereocenters. The number of piperidine rings is 1. The first-order chi connectivity index (χ1) is 15.1. The molecule has 2 aromatic rings. The maximum atomic E-state index is 13.0. The maximum absolute atomic E-state index is 13.0. The van der Waals surface area contributed by atoms with Gasteiger partial charge >= 0.3 is 5.97 Å². The van der Waals surface area contributed by atoms with E-state index in [4.69, 9.17) is 4.74 Å². The van der Waals surface area contributed by atoms with Gasteiger partial charge in [-0.2, -0.15) is 0 Å². The highest BCUT2D eigenvalue weighted by Crippen LogP contribution is 2.64. The molecule has 5 nitrogen and oxygen atoms in total. The molecule has 5 heteroatoms. The second-order valence-corrected chi connectivity index (χ2v) is 11.5. The third-order valence-corrected chi connectivity index (χ3v) is 9.52. The van der Waals surface area contributed by atoms with Gasteiger partial charge in [0, 0.05) is 35.7 Å². The van der Waals surface area contributed by atoms with E-state index >= 15 is 0 Å². The fourth-order valence-electron chi connectivity index (χ4n) is 7.78. The molecule has 1 aromatic heterocycles. The number of aromatic nitrogens is 1. The van der Waals surface area contributed by atoms with Gasteiger partial charge in [0.2, 0.25) is 0 Å². The van der Waals surface area contributed by atoms with Crippen molar-refractivity contribution in [3.05, 3.63) is 35.5 Å². The van der Waals surface area contributed by atoms with Crippen molar-refractivity contribution in [3.8, 4) is 0 Å². The van der Waals surface area contributed by atoms with Crippen LogP contribution in [0.3, 0.4) is 0 Å². The lowest BCUT2D eigenvalue weighted by Crippen LogP contribution is -2.68. The summed E-state index contributed by atoms with van der Waals surface area (Å²) < 4.78 is 7.79. The molecule has 0 amide bonds. The lowest BCUT2D eigenvalue weighted by Gasteiger charge is -2.66. The zero-order valence-corrected chi connectivity index (χ0v) is 20.4. The standard InChI is InChI=1S/C27H38N2O3/c1-17(2)29-20-10-8-7-9-18(20)19-12-14-28-16-25(3)13-11-21(30)22(24(31)32-6)26(25,4)15-27(28,5)23(19)29/h7-10,17,21-22,30H,11-16H2,1-6H3/t21-,22+,25-,26+,27-/m0/s1. The first-order valence-corrected chi connectivity index (χ1v) is 12.2. The lowest BCUT2D eigenvalue weighted by molar-refractivity contribution is -0.204. The third-order valence-electron chi connectivity index (χ3n) is 9.52. The Balaban J connectivity index is 1.73. The van der Waals surface area contributed by atoms with E-state index in [0.29, 0.717) is 12.5 Å². The van der Waals surface area contributed by atoms with Crippen LogP contribution in [0.2, 0.25) is 0 Å². The van der Waals surface area contributed by atoms with Crippen molar-refractivity contribution in [1.29, 1.82) is 0 Å². The number of esters is 1. The quantitative estimate of drug-likeness (QED) is 0.693. The van der Waals surface area contributed by atoms with E-state index in [0.717, 1.165) is 32.4 Å². The smallest absolute Gasteiger partial charge is 0.311 e. The molecule has 2 fully saturated rings. The molecule has 0 spiro atoms. The summed E-state index contributed by atoms with van der Waals surface area (Å²) in [7, 11) is 1.45. The van der Waals surface area contributed by atoms with Gasteiger partial charge in [-0.3, -0.25) is 9.69 Å². The molecule has 5 rings (SSSR count). The van der Waals surface area contributed by atoms with Crippen LogP contribution in [0, 0.1) is 16.7 Å². The van der Waals surface area contributed by atoms with E-state index in [2.05, 4.69) is 68.4 Å². The van der Waals surface area contributed by atoms with Crippen LogP contribution in [-0.4, -0.2) is 46.8 Å². The summed E-state index contributed by atoms with van der Waals surface area (Å²) >= 11 is 0. The number of aliphatic hydroxyl groups is 1. The normalized spacial score (nSPS) is 37.1. The first kappa shape index (κ1) is 22.0. The van der Waals surface area contributed by atoms with E-state index in [9.17, 15) is 9.90 Å². The van der Waals surface area contributed by atoms with Crippen molar-refractivity contribution in [1.82, 2.24) is 9.47 Å². The number of para-hydroxylation sites is 1. The fraction of sp³-hybridized carbons (Fsp3) is 0.667. The van der Waals surface area contributed by atoms with Crippen molar-refractivity contribution in [2.45, 2.75) is 78.0 Å². The molecule has 1 N–H and O–H groups in total. The first-order valence-electron chi connectivity index (χ1n) is 12.2. The molecule has 3 aliphatic rings. The van der Waals surface area contributed by atoms with Crippen LogP contribution in [0.15, 0.2) is 24.3 Å². The molecule has 1 aliphatic carbocycles. The van der Waals surface area contributed by atoms with E-state index < -0.39 is 12.0 Å². The van der Waals surface area contributed by atoms with Crippen LogP contribution in [-0.2, 0) is 21.5 Å². The Kier molecular flexibility index (Phi) is 4.86. The molecular weight excluding hydrogens is 400 g/mol. The molecule has 0 unspecified atom stereocenters. The number of carbonyl (C=O) groups is 1. The monoisotopic (exact) mass is 438 g/mol. The predicted octanol–water partition coefficient (Wildman–Crippen LogP) is 4.66. The lowest BCUT2D eigenvalue weighted by atomic mass is 9.46. The van der Waals surface area contributed by atoms with Crippen molar-refractivity contribution in [2.75, 3.05) is 20.2 Å². The van der Waals surface area contributed by atoms with Gasteiger partial charge in [0.1, 0.15) is 0 Å². The second kappa shape index (κ2) is 7.07. The summed E-state index contributed by atoms with van der Waals surface area (Å²) in [5, 5.41) is 12.4. The van der Waals surface area contributed by atoms with Crippen LogP contribution in [0.1, 0.15) is 71.2 Å². The molecule has 174 valence electrons. The number of benzene rings is 1. The van der Waals surface area contributed by atoms with E-state index in [1.807, 2.05) is 0 Å². The van der Waals surface area contributed by atoms with Gasteiger partial charge in [-0.1, -0.05) is 32.0 Å². The minimum absolute atomic E-state index is 0.0449. The Hall–Kier alpha value is -1.85.